The number of anilines is 1. The monoisotopic (exact) mass is 464 g/mol. The van der Waals surface area contributed by atoms with Crippen molar-refractivity contribution in [1.82, 2.24) is 14.2 Å². The number of nitrogens with one attached hydrogen (secondary N) is 1. The molecule has 0 radical (unpaired) electrons. The summed E-state index contributed by atoms with van der Waals surface area (Å²) in [4.78, 5) is 21.1. The first kappa shape index (κ1) is 23.8. The molecule has 1 aromatic carbocycles. The molecule has 2 heterocycles. The molecule has 0 spiro atoms. The van der Waals surface area contributed by atoms with Gasteiger partial charge in [0.05, 0.1) is 10.6 Å². The minimum atomic E-state index is -3.55. The van der Waals surface area contributed by atoms with Crippen LogP contribution in [0.4, 0.5) is 5.13 Å². The van der Waals surface area contributed by atoms with Crippen LogP contribution in [0.15, 0.2) is 29.2 Å². The summed E-state index contributed by atoms with van der Waals surface area (Å²) in [5.74, 6) is -0.283. The number of thiazole rings is 1. The minimum absolute atomic E-state index is 0.212. The molecule has 3 rings (SSSR count). The summed E-state index contributed by atoms with van der Waals surface area (Å²) < 4.78 is 27.3. The van der Waals surface area contributed by atoms with Crippen LogP contribution in [0.3, 0.4) is 0 Å². The lowest BCUT2D eigenvalue weighted by atomic mass is 10.1. The largest absolute Gasteiger partial charge is 0.298 e. The fourth-order valence-corrected chi connectivity index (χ4v) is 6.31. The average molecular weight is 465 g/mol. The van der Waals surface area contributed by atoms with Crippen LogP contribution < -0.4 is 5.32 Å². The Labute approximate surface area is 189 Å². The van der Waals surface area contributed by atoms with E-state index in [2.05, 4.69) is 29.0 Å². The molecular weight excluding hydrogens is 432 g/mol. The molecule has 2 aromatic rings. The molecule has 0 unspecified atom stereocenters. The van der Waals surface area contributed by atoms with Gasteiger partial charge in [-0.2, -0.15) is 4.31 Å². The standard InChI is InChI=1S/C22H32N4O3S2/c1-5-12-26(13-6-2)31(28,29)18-9-7-17(8-10-18)21(27)24-22-23-19-11-14-25(16(3)4)15-20(19)30-22/h7-10,16H,5-6,11-15H2,1-4H3,(H,23,24,27). The summed E-state index contributed by atoms with van der Waals surface area (Å²) in [6.45, 7) is 11.1. The summed E-state index contributed by atoms with van der Waals surface area (Å²) in [5.41, 5.74) is 1.47. The van der Waals surface area contributed by atoms with Gasteiger partial charge in [0.15, 0.2) is 5.13 Å². The highest BCUT2D eigenvalue weighted by atomic mass is 32.2. The summed E-state index contributed by atoms with van der Waals surface area (Å²) in [5, 5.41) is 3.46. The molecule has 1 aliphatic rings. The zero-order valence-corrected chi connectivity index (χ0v) is 20.4. The van der Waals surface area contributed by atoms with Gasteiger partial charge in [-0.15, -0.1) is 11.3 Å². The first-order valence-electron chi connectivity index (χ1n) is 10.9. The predicted octanol–water partition coefficient (Wildman–Crippen LogP) is 3.97. The van der Waals surface area contributed by atoms with Gasteiger partial charge < -0.3 is 0 Å². The fourth-order valence-electron chi connectivity index (χ4n) is 3.66. The second kappa shape index (κ2) is 10.2. The third-order valence-corrected chi connectivity index (χ3v) is 8.32. The molecule has 0 aliphatic carbocycles. The van der Waals surface area contributed by atoms with Gasteiger partial charge in [-0.3, -0.25) is 15.0 Å². The van der Waals surface area contributed by atoms with Crippen LogP contribution in [0.5, 0.6) is 0 Å². The number of rotatable bonds is 9. The number of hydrogen-bond acceptors (Lipinski definition) is 6. The number of carbonyl (C=O) groups excluding carboxylic acids is 1. The first-order chi connectivity index (χ1) is 14.8. The normalized spacial score (nSPS) is 14.8. The molecule has 0 fully saturated rings. The smallest absolute Gasteiger partial charge is 0.257 e. The third-order valence-electron chi connectivity index (χ3n) is 5.41. The quantitative estimate of drug-likeness (QED) is 0.607. The van der Waals surface area contributed by atoms with E-state index in [9.17, 15) is 13.2 Å². The van der Waals surface area contributed by atoms with E-state index in [0.717, 1.165) is 38.0 Å². The van der Waals surface area contributed by atoms with Gasteiger partial charge in [0.2, 0.25) is 10.0 Å². The van der Waals surface area contributed by atoms with Crippen molar-refractivity contribution in [2.75, 3.05) is 25.0 Å². The average Bonchev–Trinajstić information content (AvgIpc) is 3.15. The van der Waals surface area contributed by atoms with Gasteiger partial charge in [0.25, 0.3) is 5.91 Å². The number of nitrogens with zero attached hydrogens (tertiary/aromatic N) is 3. The van der Waals surface area contributed by atoms with E-state index in [1.54, 1.807) is 12.1 Å². The zero-order valence-electron chi connectivity index (χ0n) is 18.7. The van der Waals surface area contributed by atoms with Crippen molar-refractivity contribution in [3.8, 4) is 0 Å². The molecular formula is C22H32N4O3S2. The van der Waals surface area contributed by atoms with Crippen LogP contribution in [0.25, 0.3) is 0 Å². The number of hydrogen-bond donors (Lipinski definition) is 1. The number of aromatic nitrogens is 1. The maximum absolute atomic E-state index is 12.9. The van der Waals surface area contributed by atoms with E-state index in [-0.39, 0.29) is 10.8 Å². The Hall–Kier alpha value is -1.81. The first-order valence-corrected chi connectivity index (χ1v) is 13.2. The van der Waals surface area contributed by atoms with Crippen LogP contribution in [0, 0.1) is 0 Å². The van der Waals surface area contributed by atoms with Crippen LogP contribution in [-0.2, 0) is 23.0 Å². The zero-order chi connectivity index (χ0) is 22.6. The molecule has 0 saturated carbocycles. The van der Waals surface area contributed by atoms with E-state index in [1.807, 2.05) is 13.8 Å². The molecule has 31 heavy (non-hydrogen) atoms. The van der Waals surface area contributed by atoms with Gasteiger partial charge in [-0.25, -0.2) is 13.4 Å². The summed E-state index contributed by atoms with van der Waals surface area (Å²) in [7, 11) is -3.55. The number of sulfonamides is 1. The molecule has 170 valence electrons. The van der Waals surface area contributed by atoms with Crippen molar-refractivity contribution in [2.45, 2.75) is 64.4 Å². The highest BCUT2D eigenvalue weighted by Crippen LogP contribution is 2.29. The number of benzene rings is 1. The second-order valence-corrected chi connectivity index (χ2v) is 11.1. The van der Waals surface area contributed by atoms with Crippen LogP contribution in [-0.4, -0.2) is 54.2 Å². The Morgan fingerprint density at radius 2 is 1.84 bits per heavy atom. The van der Waals surface area contributed by atoms with E-state index < -0.39 is 10.0 Å². The summed E-state index contributed by atoms with van der Waals surface area (Å²) >= 11 is 1.51. The Bertz CT molecular complexity index is 994. The highest BCUT2D eigenvalue weighted by molar-refractivity contribution is 7.89. The van der Waals surface area contributed by atoms with Crippen molar-refractivity contribution in [3.63, 3.8) is 0 Å². The molecule has 0 saturated heterocycles. The fraction of sp³-hybridized carbons (Fsp3) is 0.545. The Morgan fingerprint density at radius 3 is 2.42 bits per heavy atom. The molecule has 1 aliphatic heterocycles. The molecule has 7 nitrogen and oxygen atoms in total. The van der Waals surface area contributed by atoms with E-state index >= 15 is 0 Å². The van der Waals surface area contributed by atoms with Crippen LogP contribution >= 0.6 is 11.3 Å². The minimum Gasteiger partial charge on any atom is -0.298 e. The van der Waals surface area contributed by atoms with E-state index in [1.165, 1.54) is 32.7 Å². The molecule has 9 heteroatoms. The van der Waals surface area contributed by atoms with Crippen LogP contribution in [0.2, 0.25) is 0 Å². The molecule has 0 atom stereocenters. The SMILES string of the molecule is CCCN(CCC)S(=O)(=O)c1ccc(C(=O)Nc2nc3c(s2)CN(C(C)C)CC3)cc1. The van der Waals surface area contributed by atoms with Crippen molar-refractivity contribution < 1.29 is 13.2 Å². The highest BCUT2D eigenvalue weighted by Gasteiger charge is 2.24. The number of carbonyl (C=O) groups is 1. The Kier molecular flexibility index (Phi) is 7.85. The molecule has 1 N–H and O–H groups in total. The van der Waals surface area contributed by atoms with Crippen molar-refractivity contribution in [2.24, 2.45) is 0 Å². The summed E-state index contributed by atoms with van der Waals surface area (Å²) in [6, 6.07) is 6.62. The molecule has 1 amide bonds. The lowest BCUT2D eigenvalue weighted by Gasteiger charge is -2.29. The van der Waals surface area contributed by atoms with Crippen molar-refractivity contribution in [3.05, 3.63) is 40.4 Å². The van der Waals surface area contributed by atoms with Crippen molar-refractivity contribution in [1.29, 1.82) is 0 Å². The number of amides is 1. The summed E-state index contributed by atoms with van der Waals surface area (Å²) in [6.07, 6.45) is 2.40. The lowest BCUT2D eigenvalue weighted by Crippen LogP contribution is -2.35. The van der Waals surface area contributed by atoms with Gasteiger partial charge in [0, 0.05) is 49.1 Å². The maximum Gasteiger partial charge on any atom is 0.257 e. The third kappa shape index (κ3) is 5.52. The predicted molar refractivity (Wildman–Crippen MR) is 125 cm³/mol. The van der Waals surface area contributed by atoms with Gasteiger partial charge in [-0.05, 0) is 51.0 Å². The van der Waals surface area contributed by atoms with E-state index in [4.69, 9.17) is 0 Å². The number of fused-ring (bicyclic) bond motifs is 1. The Morgan fingerprint density at radius 1 is 1.19 bits per heavy atom. The maximum atomic E-state index is 12.9. The Balaban J connectivity index is 1.70. The topological polar surface area (TPSA) is 82.6 Å². The van der Waals surface area contributed by atoms with Crippen LogP contribution in [0.1, 0.15) is 61.5 Å². The second-order valence-electron chi connectivity index (χ2n) is 8.09. The lowest BCUT2D eigenvalue weighted by molar-refractivity contribution is 0.102. The van der Waals surface area contributed by atoms with Gasteiger partial charge >= 0.3 is 0 Å². The van der Waals surface area contributed by atoms with E-state index in [0.29, 0.717) is 29.8 Å². The molecule has 0 bridgehead atoms. The molecule has 1 aromatic heterocycles. The van der Waals surface area contributed by atoms with Gasteiger partial charge in [0.1, 0.15) is 0 Å². The van der Waals surface area contributed by atoms with Crippen molar-refractivity contribution >= 4 is 32.4 Å². The van der Waals surface area contributed by atoms with Gasteiger partial charge in [-0.1, -0.05) is 13.8 Å².